The summed E-state index contributed by atoms with van der Waals surface area (Å²) in [5, 5.41) is 23.1. The Bertz CT molecular complexity index is 578. The third-order valence-corrected chi connectivity index (χ3v) is 3.38. The average Bonchev–Trinajstić information content (AvgIpc) is 2.33. The van der Waals surface area contributed by atoms with E-state index in [0.717, 1.165) is 11.3 Å². The summed E-state index contributed by atoms with van der Waals surface area (Å²) in [6, 6.07) is 10.1. The number of rotatable bonds is 3. The molecule has 0 bridgehead atoms. The van der Waals surface area contributed by atoms with Crippen LogP contribution in [0.3, 0.4) is 0 Å². The van der Waals surface area contributed by atoms with Crippen molar-refractivity contribution in [3.05, 3.63) is 52.5 Å². The van der Waals surface area contributed by atoms with Crippen LogP contribution >= 0.6 is 11.6 Å². The smallest absolute Gasteiger partial charge is 0.124 e. The lowest BCUT2D eigenvalue weighted by Crippen LogP contribution is -2.08. The number of hydrogen-bond acceptors (Lipinski definition) is 3. The van der Waals surface area contributed by atoms with Gasteiger partial charge in [-0.25, -0.2) is 0 Å². The van der Waals surface area contributed by atoms with Crippen molar-refractivity contribution >= 4 is 17.3 Å². The van der Waals surface area contributed by atoms with E-state index in [-0.39, 0.29) is 17.5 Å². The lowest BCUT2D eigenvalue weighted by atomic mass is 10.1. The van der Waals surface area contributed by atoms with Crippen molar-refractivity contribution in [3.63, 3.8) is 0 Å². The van der Waals surface area contributed by atoms with Gasteiger partial charge < -0.3 is 15.5 Å². The van der Waals surface area contributed by atoms with Crippen molar-refractivity contribution in [1.82, 2.24) is 0 Å². The summed E-state index contributed by atoms with van der Waals surface area (Å²) in [6.07, 6.45) is 0. The van der Waals surface area contributed by atoms with Crippen molar-refractivity contribution in [1.29, 1.82) is 0 Å². The summed E-state index contributed by atoms with van der Waals surface area (Å²) in [7, 11) is 0. The van der Waals surface area contributed by atoms with Crippen LogP contribution in [0.1, 0.15) is 24.1 Å². The number of anilines is 1. The van der Waals surface area contributed by atoms with E-state index in [1.54, 1.807) is 12.1 Å². The van der Waals surface area contributed by atoms with E-state index >= 15 is 0 Å². The van der Waals surface area contributed by atoms with Gasteiger partial charge in [-0.2, -0.15) is 0 Å². The number of phenolic OH excluding ortho intramolecular Hbond substituents is 2. The van der Waals surface area contributed by atoms with E-state index in [4.69, 9.17) is 11.6 Å². The molecule has 0 saturated heterocycles. The largest absolute Gasteiger partial charge is 0.508 e. The Balaban J connectivity index is 2.28. The van der Waals surface area contributed by atoms with Gasteiger partial charge >= 0.3 is 0 Å². The minimum Gasteiger partial charge on any atom is -0.508 e. The molecular weight excluding hydrogens is 262 g/mol. The highest BCUT2D eigenvalue weighted by molar-refractivity contribution is 6.33. The number of halogens is 1. The van der Waals surface area contributed by atoms with Crippen LogP contribution < -0.4 is 5.32 Å². The molecule has 3 N–H and O–H groups in total. The summed E-state index contributed by atoms with van der Waals surface area (Å²) >= 11 is 6.16. The van der Waals surface area contributed by atoms with Crippen molar-refractivity contribution < 1.29 is 10.2 Å². The topological polar surface area (TPSA) is 52.5 Å². The molecular formula is C15H16ClNO2. The van der Waals surface area contributed by atoms with E-state index in [1.807, 2.05) is 32.0 Å². The zero-order chi connectivity index (χ0) is 14.0. The van der Waals surface area contributed by atoms with Gasteiger partial charge in [-0.3, -0.25) is 0 Å². The van der Waals surface area contributed by atoms with Crippen LogP contribution in [0.5, 0.6) is 11.5 Å². The zero-order valence-electron chi connectivity index (χ0n) is 10.8. The molecule has 19 heavy (non-hydrogen) atoms. The Kier molecular flexibility index (Phi) is 3.86. The maximum absolute atomic E-state index is 9.85. The first-order chi connectivity index (χ1) is 8.99. The van der Waals surface area contributed by atoms with E-state index in [1.165, 1.54) is 6.07 Å². The molecule has 0 aliphatic rings. The van der Waals surface area contributed by atoms with E-state index in [0.29, 0.717) is 10.6 Å². The highest BCUT2D eigenvalue weighted by Gasteiger charge is 2.13. The molecule has 4 heteroatoms. The molecule has 0 amide bonds. The predicted octanol–water partition coefficient (Wildman–Crippen LogP) is 4.23. The first-order valence-electron chi connectivity index (χ1n) is 6.02. The van der Waals surface area contributed by atoms with Gasteiger partial charge in [0.25, 0.3) is 0 Å². The van der Waals surface area contributed by atoms with Gasteiger partial charge in [0, 0.05) is 11.6 Å². The van der Waals surface area contributed by atoms with Gasteiger partial charge in [0.1, 0.15) is 11.5 Å². The monoisotopic (exact) mass is 277 g/mol. The summed E-state index contributed by atoms with van der Waals surface area (Å²) in [5.41, 5.74) is 2.60. The summed E-state index contributed by atoms with van der Waals surface area (Å²) in [5.74, 6) is 0.104. The molecule has 100 valence electrons. The van der Waals surface area contributed by atoms with Crippen LogP contribution in [0.4, 0.5) is 5.69 Å². The molecule has 1 unspecified atom stereocenters. The quantitative estimate of drug-likeness (QED) is 0.787. The van der Waals surface area contributed by atoms with Crippen LogP contribution in [-0.4, -0.2) is 10.2 Å². The third-order valence-electron chi connectivity index (χ3n) is 3.06. The molecule has 0 radical (unpaired) electrons. The highest BCUT2D eigenvalue weighted by Crippen LogP contribution is 2.33. The molecule has 0 aromatic heterocycles. The van der Waals surface area contributed by atoms with Crippen molar-refractivity contribution in [2.45, 2.75) is 19.9 Å². The summed E-state index contributed by atoms with van der Waals surface area (Å²) < 4.78 is 0. The maximum Gasteiger partial charge on any atom is 0.124 e. The molecule has 1 atom stereocenters. The Labute approximate surface area is 117 Å². The van der Waals surface area contributed by atoms with Gasteiger partial charge in [0.2, 0.25) is 0 Å². The van der Waals surface area contributed by atoms with Crippen LogP contribution in [0, 0.1) is 6.92 Å². The molecule has 0 aliphatic carbocycles. The minimum absolute atomic E-state index is 0.0439. The Morgan fingerprint density at radius 1 is 1.16 bits per heavy atom. The minimum atomic E-state index is -0.126. The molecule has 0 heterocycles. The fourth-order valence-corrected chi connectivity index (χ4v) is 2.28. The second-order valence-electron chi connectivity index (χ2n) is 4.54. The number of aryl methyl sites for hydroxylation is 1. The van der Waals surface area contributed by atoms with E-state index in [9.17, 15) is 10.2 Å². The number of benzene rings is 2. The number of para-hydroxylation sites is 1. The maximum atomic E-state index is 9.85. The Hall–Kier alpha value is -1.87. The van der Waals surface area contributed by atoms with Crippen LogP contribution in [0.25, 0.3) is 0 Å². The first kappa shape index (κ1) is 13.6. The average molecular weight is 278 g/mol. The normalized spacial score (nSPS) is 12.2. The van der Waals surface area contributed by atoms with Gasteiger partial charge in [0.15, 0.2) is 0 Å². The van der Waals surface area contributed by atoms with Gasteiger partial charge in [-0.1, -0.05) is 23.7 Å². The number of nitrogens with one attached hydrogen (secondary N) is 1. The lowest BCUT2D eigenvalue weighted by Gasteiger charge is -2.19. The lowest BCUT2D eigenvalue weighted by molar-refractivity contribution is 0.444. The van der Waals surface area contributed by atoms with E-state index < -0.39 is 0 Å². The van der Waals surface area contributed by atoms with Gasteiger partial charge in [-0.15, -0.1) is 0 Å². The molecule has 0 saturated carbocycles. The van der Waals surface area contributed by atoms with Crippen LogP contribution in [0.2, 0.25) is 5.02 Å². The standard InChI is InChI=1S/C15H16ClNO2/c1-9-4-3-5-13(16)15(9)17-10(2)12-7-6-11(18)8-14(12)19/h3-8,10,17-19H,1-2H3. The predicted molar refractivity (Wildman–Crippen MR) is 78.0 cm³/mol. The number of hydrogen-bond donors (Lipinski definition) is 3. The highest BCUT2D eigenvalue weighted by atomic mass is 35.5. The van der Waals surface area contributed by atoms with Gasteiger partial charge in [0.05, 0.1) is 16.8 Å². The molecule has 0 spiro atoms. The van der Waals surface area contributed by atoms with Gasteiger partial charge in [-0.05, 0) is 37.6 Å². The third kappa shape index (κ3) is 2.93. The summed E-state index contributed by atoms with van der Waals surface area (Å²) in [6.45, 7) is 3.90. The molecule has 0 fully saturated rings. The fourth-order valence-electron chi connectivity index (χ4n) is 2.01. The molecule has 3 nitrogen and oxygen atoms in total. The molecule has 2 rings (SSSR count). The SMILES string of the molecule is Cc1cccc(Cl)c1NC(C)c1ccc(O)cc1O. The Morgan fingerprint density at radius 2 is 1.89 bits per heavy atom. The zero-order valence-corrected chi connectivity index (χ0v) is 11.6. The number of aromatic hydroxyl groups is 2. The van der Waals surface area contributed by atoms with Crippen LogP contribution in [-0.2, 0) is 0 Å². The van der Waals surface area contributed by atoms with Crippen LogP contribution in [0.15, 0.2) is 36.4 Å². The second-order valence-corrected chi connectivity index (χ2v) is 4.95. The van der Waals surface area contributed by atoms with E-state index in [2.05, 4.69) is 5.32 Å². The van der Waals surface area contributed by atoms with Crippen molar-refractivity contribution in [2.75, 3.05) is 5.32 Å². The number of phenols is 2. The second kappa shape index (κ2) is 5.41. The molecule has 0 aliphatic heterocycles. The fraction of sp³-hybridized carbons (Fsp3) is 0.200. The van der Waals surface area contributed by atoms with Crippen molar-refractivity contribution in [3.8, 4) is 11.5 Å². The molecule has 2 aromatic carbocycles. The molecule has 2 aromatic rings. The first-order valence-corrected chi connectivity index (χ1v) is 6.40. The van der Waals surface area contributed by atoms with Crippen molar-refractivity contribution in [2.24, 2.45) is 0 Å². The Morgan fingerprint density at radius 3 is 2.53 bits per heavy atom. The summed E-state index contributed by atoms with van der Waals surface area (Å²) in [4.78, 5) is 0.